The molecule has 0 radical (unpaired) electrons. The molecular formula is C11H20N2S. The molecule has 0 bridgehead atoms. The Kier molecular flexibility index (Phi) is 3.37. The summed E-state index contributed by atoms with van der Waals surface area (Å²) in [7, 11) is 4.12. The highest BCUT2D eigenvalue weighted by molar-refractivity contribution is 8.14. The molecule has 0 aromatic rings. The minimum absolute atomic E-state index is 0.763. The van der Waals surface area contributed by atoms with Crippen molar-refractivity contribution < 1.29 is 0 Å². The maximum Gasteiger partial charge on any atom is 0.159 e. The molecule has 2 atom stereocenters. The standard InChI is InChI=1S/C11H20N2S/c1-12-11-13(2)9-7-5-3-4-6-8-10(9)14-11/h9-10H,3-8H2,1-2H3/b12-11-/t9?,10-/m0/s1. The highest BCUT2D eigenvalue weighted by atomic mass is 32.2. The molecule has 1 saturated heterocycles. The number of rotatable bonds is 0. The first-order valence-corrected chi connectivity index (χ1v) is 6.57. The molecule has 1 saturated carbocycles. The Bertz CT molecular complexity index is 227. The SMILES string of the molecule is C/N=C1\S[C@H]2CCCCCCC2N1C. The van der Waals surface area contributed by atoms with Gasteiger partial charge in [0.1, 0.15) is 0 Å². The van der Waals surface area contributed by atoms with Crippen LogP contribution < -0.4 is 0 Å². The van der Waals surface area contributed by atoms with E-state index in [1.54, 1.807) is 0 Å². The zero-order valence-electron chi connectivity index (χ0n) is 9.20. The average Bonchev–Trinajstić information content (AvgIpc) is 2.42. The number of nitrogens with zero attached hydrogens (tertiary/aromatic N) is 2. The van der Waals surface area contributed by atoms with Crippen LogP contribution in [0.4, 0.5) is 0 Å². The third-order valence-electron chi connectivity index (χ3n) is 3.41. The van der Waals surface area contributed by atoms with Crippen LogP contribution in [-0.4, -0.2) is 35.5 Å². The van der Waals surface area contributed by atoms with E-state index in [1.165, 1.54) is 43.7 Å². The Balaban J connectivity index is 2.07. The molecule has 1 unspecified atom stereocenters. The summed E-state index contributed by atoms with van der Waals surface area (Å²) < 4.78 is 0. The van der Waals surface area contributed by atoms with Crippen molar-refractivity contribution in [3.8, 4) is 0 Å². The van der Waals surface area contributed by atoms with E-state index in [1.807, 2.05) is 18.8 Å². The monoisotopic (exact) mass is 212 g/mol. The normalized spacial score (nSPS) is 36.7. The van der Waals surface area contributed by atoms with Crippen molar-refractivity contribution >= 4 is 16.9 Å². The molecule has 14 heavy (non-hydrogen) atoms. The van der Waals surface area contributed by atoms with Crippen molar-refractivity contribution in [3.05, 3.63) is 0 Å². The largest absolute Gasteiger partial charge is 0.350 e. The summed E-state index contributed by atoms with van der Waals surface area (Å²) in [6.45, 7) is 0. The summed E-state index contributed by atoms with van der Waals surface area (Å²) in [6.07, 6.45) is 8.44. The van der Waals surface area contributed by atoms with E-state index in [2.05, 4.69) is 16.9 Å². The van der Waals surface area contributed by atoms with Gasteiger partial charge in [-0.1, -0.05) is 37.4 Å². The van der Waals surface area contributed by atoms with Gasteiger partial charge in [-0.25, -0.2) is 0 Å². The van der Waals surface area contributed by atoms with Gasteiger partial charge < -0.3 is 4.90 Å². The highest BCUT2D eigenvalue weighted by Gasteiger charge is 2.36. The molecule has 0 aromatic carbocycles. The van der Waals surface area contributed by atoms with Crippen molar-refractivity contribution in [2.75, 3.05) is 14.1 Å². The molecule has 1 aliphatic carbocycles. The lowest BCUT2D eigenvalue weighted by molar-refractivity contribution is 0.318. The van der Waals surface area contributed by atoms with Crippen LogP contribution in [0.2, 0.25) is 0 Å². The van der Waals surface area contributed by atoms with Crippen molar-refractivity contribution in [2.45, 2.75) is 49.8 Å². The number of thioether (sulfide) groups is 1. The molecule has 0 N–H and O–H groups in total. The van der Waals surface area contributed by atoms with Crippen molar-refractivity contribution in [2.24, 2.45) is 4.99 Å². The average molecular weight is 212 g/mol. The van der Waals surface area contributed by atoms with Crippen molar-refractivity contribution in [1.29, 1.82) is 0 Å². The van der Waals surface area contributed by atoms with Gasteiger partial charge in [0, 0.05) is 25.4 Å². The molecule has 2 nitrogen and oxygen atoms in total. The second-order valence-corrected chi connectivity index (χ2v) is 5.54. The van der Waals surface area contributed by atoms with E-state index in [0.717, 1.165) is 11.3 Å². The summed E-state index contributed by atoms with van der Waals surface area (Å²) in [6, 6.07) is 0.763. The fraction of sp³-hybridized carbons (Fsp3) is 0.909. The van der Waals surface area contributed by atoms with Gasteiger partial charge in [-0.15, -0.1) is 0 Å². The highest BCUT2D eigenvalue weighted by Crippen LogP contribution is 2.37. The Labute approximate surface area is 91.2 Å². The third kappa shape index (κ3) is 1.92. The van der Waals surface area contributed by atoms with Gasteiger partial charge in [0.15, 0.2) is 5.17 Å². The molecule has 0 amide bonds. The number of aliphatic imine (C=N–C) groups is 1. The first-order valence-electron chi connectivity index (χ1n) is 5.69. The fourth-order valence-electron chi connectivity index (χ4n) is 2.58. The Hall–Kier alpha value is -0.180. The van der Waals surface area contributed by atoms with Gasteiger partial charge >= 0.3 is 0 Å². The van der Waals surface area contributed by atoms with E-state index in [9.17, 15) is 0 Å². The van der Waals surface area contributed by atoms with E-state index in [-0.39, 0.29) is 0 Å². The first kappa shape index (κ1) is 10.3. The Morgan fingerprint density at radius 2 is 1.93 bits per heavy atom. The zero-order chi connectivity index (χ0) is 9.97. The van der Waals surface area contributed by atoms with Crippen molar-refractivity contribution in [3.63, 3.8) is 0 Å². The fourth-order valence-corrected chi connectivity index (χ4v) is 4.02. The Morgan fingerprint density at radius 3 is 2.64 bits per heavy atom. The topological polar surface area (TPSA) is 15.6 Å². The van der Waals surface area contributed by atoms with Gasteiger partial charge in [0.05, 0.1) is 0 Å². The Morgan fingerprint density at radius 1 is 1.21 bits per heavy atom. The molecule has 1 aliphatic heterocycles. The quantitative estimate of drug-likeness (QED) is 0.613. The summed E-state index contributed by atoms with van der Waals surface area (Å²) in [5.41, 5.74) is 0. The van der Waals surface area contributed by atoms with E-state index in [4.69, 9.17) is 0 Å². The molecule has 0 aromatic heterocycles. The van der Waals surface area contributed by atoms with Crippen LogP contribution in [-0.2, 0) is 0 Å². The van der Waals surface area contributed by atoms with Crippen molar-refractivity contribution in [1.82, 2.24) is 4.90 Å². The molecule has 2 fully saturated rings. The molecule has 80 valence electrons. The predicted octanol–water partition coefficient (Wildman–Crippen LogP) is 2.74. The lowest BCUT2D eigenvalue weighted by Gasteiger charge is -2.26. The maximum atomic E-state index is 4.36. The molecule has 2 aliphatic rings. The van der Waals surface area contributed by atoms with Gasteiger partial charge in [0.2, 0.25) is 0 Å². The molecule has 0 spiro atoms. The van der Waals surface area contributed by atoms with E-state index < -0.39 is 0 Å². The van der Waals surface area contributed by atoms with Crippen LogP contribution in [0.5, 0.6) is 0 Å². The van der Waals surface area contributed by atoms with Gasteiger partial charge in [-0.2, -0.15) is 0 Å². The summed E-state index contributed by atoms with van der Waals surface area (Å²) >= 11 is 2.00. The summed E-state index contributed by atoms with van der Waals surface area (Å²) in [5.74, 6) is 0. The van der Waals surface area contributed by atoms with E-state index >= 15 is 0 Å². The lowest BCUT2D eigenvalue weighted by atomic mass is 9.96. The lowest BCUT2D eigenvalue weighted by Crippen LogP contribution is -2.34. The smallest absolute Gasteiger partial charge is 0.159 e. The predicted molar refractivity (Wildman–Crippen MR) is 64.0 cm³/mol. The minimum Gasteiger partial charge on any atom is -0.350 e. The van der Waals surface area contributed by atoms with Gasteiger partial charge in [0.25, 0.3) is 0 Å². The number of amidine groups is 1. The van der Waals surface area contributed by atoms with E-state index in [0.29, 0.717) is 0 Å². The zero-order valence-corrected chi connectivity index (χ0v) is 10.0. The maximum absolute atomic E-state index is 4.36. The summed E-state index contributed by atoms with van der Waals surface area (Å²) in [4.78, 5) is 6.76. The molecule has 1 heterocycles. The third-order valence-corrected chi connectivity index (χ3v) is 4.95. The van der Waals surface area contributed by atoms with Gasteiger partial charge in [-0.05, 0) is 12.8 Å². The van der Waals surface area contributed by atoms with Crippen LogP contribution in [0, 0.1) is 0 Å². The minimum atomic E-state index is 0.763. The second kappa shape index (κ2) is 4.56. The van der Waals surface area contributed by atoms with Gasteiger partial charge in [-0.3, -0.25) is 4.99 Å². The van der Waals surface area contributed by atoms with Crippen LogP contribution in [0.15, 0.2) is 4.99 Å². The number of hydrogen-bond donors (Lipinski definition) is 0. The molecule has 2 rings (SSSR count). The molecule has 3 heteroatoms. The number of fused-ring (bicyclic) bond motifs is 1. The molecular weight excluding hydrogens is 192 g/mol. The first-order chi connectivity index (χ1) is 6.83. The second-order valence-electron chi connectivity index (χ2n) is 4.33. The summed E-state index contributed by atoms with van der Waals surface area (Å²) in [5, 5.41) is 2.07. The van der Waals surface area contributed by atoms with Crippen LogP contribution in [0.3, 0.4) is 0 Å². The number of hydrogen-bond acceptors (Lipinski definition) is 2. The van der Waals surface area contributed by atoms with Crippen LogP contribution in [0.25, 0.3) is 0 Å². The van der Waals surface area contributed by atoms with Crippen LogP contribution >= 0.6 is 11.8 Å². The van der Waals surface area contributed by atoms with Crippen LogP contribution in [0.1, 0.15) is 38.5 Å².